The van der Waals surface area contributed by atoms with E-state index in [0.29, 0.717) is 38.4 Å². The van der Waals surface area contributed by atoms with E-state index in [1.165, 1.54) is 16.4 Å². The van der Waals surface area contributed by atoms with Gasteiger partial charge >= 0.3 is 6.09 Å². The van der Waals surface area contributed by atoms with Crippen LogP contribution < -0.4 is 0 Å². The Hall–Kier alpha value is -2.08. The number of halogens is 1. The molecule has 2 heterocycles. The van der Waals surface area contributed by atoms with Crippen molar-refractivity contribution in [3.05, 3.63) is 53.5 Å². The van der Waals surface area contributed by atoms with E-state index in [2.05, 4.69) is 0 Å². The summed E-state index contributed by atoms with van der Waals surface area (Å²) in [4.78, 5) is 12.6. The molecule has 0 fully saturated rings. The van der Waals surface area contributed by atoms with Gasteiger partial charge in [0, 0.05) is 28.6 Å². The Morgan fingerprint density at radius 3 is 2.52 bits per heavy atom. The molecule has 3 aromatic rings. The van der Waals surface area contributed by atoms with Crippen molar-refractivity contribution in [3.63, 3.8) is 0 Å². The lowest BCUT2D eigenvalue weighted by Crippen LogP contribution is -2.27. The van der Waals surface area contributed by atoms with Gasteiger partial charge in [-0.25, -0.2) is 13.8 Å². The summed E-state index contributed by atoms with van der Waals surface area (Å²) in [5.41, 5.74) is 2.31. The molecule has 3 N–H and O–H groups in total. The number of benzene rings is 2. The predicted molar refractivity (Wildman–Crippen MR) is 130 cm³/mol. The molecule has 33 heavy (non-hydrogen) atoms. The normalized spacial score (nSPS) is 17.8. The van der Waals surface area contributed by atoms with E-state index in [-0.39, 0.29) is 18.6 Å². The third-order valence-corrected chi connectivity index (χ3v) is 8.59. The number of rotatable bonds is 4. The largest absolute Gasteiger partial charge is 0.617 e. The minimum Gasteiger partial charge on any atom is -0.617 e. The number of aromatic nitrogens is 1. The van der Waals surface area contributed by atoms with Gasteiger partial charge in [-0.1, -0.05) is 38.0 Å². The van der Waals surface area contributed by atoms with Gasteiger partial charge < -0.3 is 9.66 Å². The number of hydrogen-bond acceptors (Lipinski definition) is 5. The molecule has 0 radical (unpaired) electrons. The number of nitrogens with zero attached hydrogens (tertiary/aromatic N) is 2. The Balaban J connectivity index is 1.92. The standard InChI is InChI=1S/C23H27FN2O5S2/c1-23(2,3)21-20(17-7-6-16(24)12-18(17)26(21)22(27)28)14-5-8-19-15(11-14)13-25(33(19,30)31)9-10-32(4)29/h5-8,11-12,30-31H,9-10,13H2,1-4H3,(H,27,28). The topological polar surface area (TPSA) is 109 Å². The van der Waals surface area contributed by atoms with Crippen LogP contribution in [-0.2, 0) is 23.1 Å². The van der Waals surface area contributed by atoms with Gasteiger partial charge in [-0.2, -0.15) is 4.31 Å². The van der Waals surface area contributed by atoms with Crippen LogP contribution >= 0.6 is 10.8 Å². The molecule has 10 heteroatoms. The molecule has 1 unspecified atom stereocenters. The summed E-state index contributed by atoms with van der Waals surface area (Å²) in [5.74, 6) is -0.205. The van der Waals surface area contributed by atoms with Crippen LogP contribution in [0.2, 0.25) is 0 Å². The van der Waals surface area contributed by atoms with Crippen molar-refractivity contribution in [2.75, 3.05) is 18.6 Å². The van der Waals surface area contributed by atoms with E-state index >= 15 is 0 Å². The third kappa shape index (κ3) is 4.16. The van der Waals surface area contributed by atoms with Crippen LogP contribution in [-0.4, -0.2) is 52.3 Å². The Morgan fingerprint density at radius 2 is 1.91 bits per heavy atom. The zero-order valence-electron chi connectivity index (χ0n) is 18.8. The van der Waals surface area contributed by atoms with Crippen molar-refractivity contribution < 1.29 is 27.9 Å². The van der Waals surface area contributed by atoms with E-state index < -0.39 is 39.3 Å². The lowest BCUT2D eigenvalue weighted by Gasteiger charge is -2.36. The summed E-state index contributed by atoms with van der Waals surface area (Å²) in [5, 5.41) is 10.6. The van der Waals surface area contributed by atoms with Crippen molar-refractivity contribution >= 4 is 38.9 Å². The van der Waals surface area contributed by atoms with Crippen LogP contribution in [0.3, 0.4) is 0 Å². The van der Waals surface area contributed by atoms with E-state index in [4.69, 9.17) is 0 Å². The first-order valence-corrected chi connectivity index (χ1v) is 13.6. The van der Waals surface area contributed by atoms with Gasteiger partial charge in [-0.15, -0.1) is 10.8 Å². The number of carbonyl (C=O) groups is 1. The highest BCUT2D eigenvalue weighted by atomic mass is 32.3. The van der Waals surface area contributed by atoms with Gasteiger partial charge in [0.25, 0.3) is 0 Å². The smallest absolute Gasteiger partial charge is 0.416 e. The minimum absolute atomic E-state index is 0.263. The molecule has 0 saturated heterocycles. The molecule has 178 valence electrons. The van der Waals surface area contributed by atoms with Crippen molar-refractivity contribution in [3.8, 4) is 11.1 Å². The first-order valence-electron chi connectivity index (χ1n) is 10.4. The Bertz CT molecular complexity index is 1250. The SMILES string of the molecule is C[S+]([O-])CCN1Cc2cc(-c3c(C(C)(C)C)n(C(=O)O)c4cc(F)ccc34)ccc2S1(O)O. The van der Waals surface area contributed by atoms with Crippen LogP contribution in [0.5, 0.6) is 0 Å². The quantitative estimate of drug-likeness (QED) is 0.414. The maximum Gasteiger partial charge on any atom is 0.416 e. The lowest BCUT2D eigenvalue weighted by atomic mass is 9.86. The van der Waals surface area contributed by atoms with Gasteiger partial charge in [-0.3, -0.25) is 9.11 Å². The molecule has 7 nitrogen and oxygen atoms in total. The first kappa shape index (κ1) is 24.1. The van der Waals surface area contributed by atoms with Gasteiger partial charge in [-0.05, 0) is 41.5 Å². The molecule has 1 aliphatic heterocycles. The number of hydrogen-bond donors (Lipinski definition) is 3. The summed E-state index contributed by atoms with van der Waals surface area (Å²) in [6.07, 6.45) is 0.373. The fraction of sp³-hybridized carbons (Fsp3) is 0.348. The lowest BCUT2D eigenvalue weighted by molar-refractivity contribution is 0.195. The molecule has 2 aromatic carbocycles. The second-order valence-corrected chi connectivity index (χ2v) is 12.8. The van der Waals surface area contributed by atoms with Crippen LogP contribution in [0.1, 0.15) is 32.0 Å². The zero-order valence-corrected chi connectivity index (χ0v) is 20.5. The molecule has 0 bridgehead atoms. The van der Waals surface area contributed by atoms with Crippen LogP contribution in [0, 0.1) is 5.82 Å². The number of fused-ring (bicyclic) bond motifs is 2. The molecule has 1 atom stereocenters. The maximum absolute atomic E-state index is 14.1. The predicted octanol–water partition coefficient (Wildman–Crippen LogP) is 5.49. The van der Waals surface area contributed by atoms with Gasteiger partial charge in [0.15, 0.2) is 0 Å². The van der Waals surface area contributed by atoms with Crippen molar-refractivity contribution in [1.29, 1.82) is 0 Å². The summed E-state index contributed by atoms with van der Waals surface area (Å²) < 4.78 is 49.8. The summed E-state index contributed by atoms with van der Waals surface area (Å²) in [6.45, 7) is 6.26. The zero-order chi connectivity index (χ0) is 24.3. The molecule has 4 rings (SSSR count). The summed E-state index contributed by atoms with van der Waals surface area (Å²) in [7, 11) is -3.19. The van der Waals surface area contributed by atoms with E-state index in [9.17, 15) is 27.9 Å². The van der Waals surface area contributed by atoms with Crippen molar-refractivity contribution in [2.24, 2.45) is 0 Å². The van der Waals surface area contributed by atoms with Crippen LogP contribution in [0.4, 0.5) is 9.18 Å². The van der Waals surface area contributed by atoms with E-state index in [1.54, 1.807) is 24.5 Å². The molecular formula is C23H27FN2O5S2. The Labute approximate surface area is 196 Å². The maximum atomic E-state index is 14.1. The highest BCUT2D eigenvalue weighted by molar-refractivity contribution is 8.22. The van der Waals surface area contributed by atoms with Gasteiger partial charge in [0.1, 0.15) is 11.6 Å². The fourth-order valence-electron chi connectivity index (χ4n) is 4.44. The molecule has 0 spiro atoms. The highest BCUT2D eigenvalue weighted by Crippen LogP contribution is 2.59. The van der Waals surface area contributed by atoms with E-state index in [0.717, 1.165) is 4.57 Å². The second-order valence-electron chi connectivity index (χ2n) is 9.24. The monoisotopic (exact) mass is 494 g/mol. The Kier molecular flexibility index (Phi) is 6.05. The summed E-state index contributed by atoms with van der Waals surface area (Å²) >= 11 is -1.07. The third-order valence-electron chi connectivity index (χ3n) is 5.81. The molecule has 1 aliphatic rings. The highest BCUT2D eigenvalue weighted by Gasteiger charge is 2.36. The molecular weight excluding hydrogens is 467 g/mol. The molecule has 0 saturated carbocycles. The first-order chi connectivity index (χ1) is 15.3. The van der Waals surface area contributed by atoms with Crippen molar-refractivity contribution in [1.82, 2.24) is 8.87 Å². The van der Waals surface area contributed by atoms with Crippen LogP contribution in [0.15, 0.2) is 41.3 Å². The van der Waals surface area contributed by atoms with Crippen molar-refractivity contribution in [2.45, 2.75) is 37.6 Å². The number of carboxylic acid groups (broad SMARTS) is 1. The molecule has 1 aromatic heterocycles. The minimum atomic E-state index is -3.19. The second kappa shape index (κ2) is 8.30. The summed E-state index contributed by atoms with van der Waals surface area (Å²) in [6, 6.07) is 9.35. The van der Waals surface area contributed by atoms with Gasteiger partial charge in [0.2, 0.25) is 0 Å². The molecule has 0 aliphatic carbocycles. The van der Waals surface area contributed by atoms with Crippen LogP contribution in [0.25, 0.3) is 22.0 Å². The Morgan fingerprint density at radius 1 is 1.21 bits per heavy atom. The average Bonchev–Trinajstić information content (AvgIpc) is 3.17. The van der Waals surface area contributed by atoms with E-state index in [1.807, 2.05) is 26.8 Å². The fourth-order valence-corrected chi connectivity index (χ4v) is 6.71. The van der Waals surface area contributed by atoms with Gasteiger partial charge in [0.05, 0.1) is 23.2 Å². The molecule has 0 amide bonds. The average molecular weight is 495 g/mol.